The molecule has 1 amide bonds. The molecule has 0 bridgehead atoms. The molecule has 39 heavy (non-hydrogen) atoms. The van der Waals surface area contributed by atoms with Gasteiger partial charge in [0.25, 0.3) is 11.5 Å². The molecule has 0 atom stereocenters. The predicted molar refractivity (Wildman–Crippen MR) is 157 cm³/mol. The maximum atomic E-state index is 13.4. The van der Waals surface area contributed by atoms with Gasteiger partial charge in [-0.15, -0.1) is 0 Å². The number of hydrogen-bond donors (Lipinski definition) is 1. The van der Waals surface area contributed by atoms with E-state index in [0.717, 1.165) is 25.7 Å². The van der Waals surface area contributed by atoms with Gasteiger partial charge < -0.3 is 10.1 Å². The standard InChI is InChI=1S/C29H25Br2FN4O3/c30-23-13-18(14-24(31)27(23)39-17-26(37)34-21-10-6-9-20(32)15-21)16-33-36-28(19-7-2-1-3-8-19)35-25-12-5-4-11-22(25)29(36)38/h4-6,9-16,19H,1-3,7-8,17H2,(H,34,37). The van der Waals surface area contributed by atoms with Gasteiger partial charge in [-0.25, -0.2) is 9.37 Å². The minimum absolute atomic E-state index is 0.181. The van der Waals surface area contributed by atoms with E-state index < -0.39 is 11.7 Å². The summed E-state index contributed by atoms with van der Waals surface area (Å²) < 4.78 is 21.7. The summed E-state index contributed by atoms with van der Waals surface area (Å²) >= 11 is 6.99. The fourth-order valence-electron chi connectivity index (χ4n) is 4.69. The van der Waals surface area contributed by atoms with E-state index >= 15 is 0 Å². The van der Waals surface area contributed by atoms with Crippen molar-refractivity contribution in [2.75, 3.05) is 11.9 Å². The highest BCUT2D eigenvalue weighted by Crippen LogP contribution is 2.35. The quantitative estimate of drug-likeness (QED) is 0.217. The number of fused-ring (bicyclic) bond motifs is 1. The summed E-state index contributed by atoms with van der Waals surface area (Å²) in [4.78, 5) is 30.5. The molecule has 1 aliphatic carbocycles. The number of benzene rings is 3. The van der Waals surface area contributed by atoms with E-state index in [1.165, 1.54) is 29.3 Å². The molecule has 200 valence electrons. The van der Waals surface area contributed by atoms with Crippen molar-refractivity contribution in [1.82, 2.24) is 9.66 Å². The fraction of sp³-hybridized carbons (Fsp3) is 0.241. The number of nitrogens with zero attached hydrogens (tertiary/aromatic N) is 3. The number of aromatic nitrogens is 2. The molecule has 5 rings (SSSR count). The summed E-state index contributed by atoms with van der Waals surface area (Å²) in [7, 11) is 0. The number of para-hydroxylation sites is 1. The van der Waals surface area contributed by atoms with Gasteiger partial charge in [0.05, 0.1) is 26.1 Å². The van der Waals surface area contributed by atoms with Crippen LogP contribution in [0, 0.1) is 5.82 Å². The first kappa shape index (κ1) is 27.2. The molecule has 3 aromatic carbocycles. The fourth-order valence-corrected chi connectivity index (χ4v) is 6.15. The Kier molecular flexibility index (Phi) is 8.52. The molecule has 0 spiro atoms. The second-order valence-electron chi connectivity index (χ2n) is 9.34. The lowest BCUT2D eigenvalue weighted by Gasteiger charge is -2.22. The van der Waals surface area contributed by atoms with Crippen molar-refractivity contribution in [3.05, 3.63) is 97.2 Å². The van der Waals surface area contributed by atoms with Gasteiger partial charge in [0.1, 0.15) is 17.4 Å². The zero-order chi connectivity index (χ0) is 27.4. The molecule has 0 saturated heterocycles. The highest BCUT2D eigenvalue weighted by Gasteiger charge is 2.22. The van der Waals surface area contributed by atoms with E-state index in [2.05, 4.69) is 42.3 Å². The highest BCUT2D eigenvalue weighted by atomic mass is 79.9. The van der Waals surface area contributed by atoms with E-state index in [1.54, 1.807) is 30.5 Å². The molecule has 1 fully saturated rings. The van der Waals surface area contributed by atoms with Crippen molar-refractivity contribution in [2.45, 2.75) is 38.0 Å². The maximum Gasteiger partial charge on any atom is 0.282 e. The third kappa shape index (κ3) is 6.45. The van der Waals surface area contributed by atoms with Gasteiger partial charge in [-0.3, -0.25) is 9.59 Å². The predicted octanol–water partition coefficient (Wildman–Crippen LogP) is 7.01. The maximum absolute atomic E-state index is 13.4. The Bertz CT molecular complexity index is 1590. The molecule has 10 heteroatoms. The number of amides is 1. The Morgan fingerprint density at radius 2 is 1.82 bits per heavy atom. The second-order valence-corrected chi connectivity index (χ2v) is 11.1. The lowest BCUT2D eigenvalue weighted by Crippen LogP contribution is -2.25. The molecule has 1 N–H and O–H groups in total. The topological polar surface area (TPSA) is 85.6 Å². The molecule has 0 unspecified atom stereocenters. The molecule has 0 radical (unpaired) electrons. The van der Waals surface area contributed by atoms with Crippen LogP contribution in [-0.2, 0) is 4.79 Å². The Labute approximate surface area is 241 Å². The monoisotopic (exact) mass is 654 g/mol. The number of nitrogens with one attached hydrogen (secondary N) is 1. The van der Waals surface area contributed by atoms with Crippen LogP contribution in [0.2, 0.25) is 0 Å². The average molecular weight is 656 g/mol. The number of ether oxygens (including phenoxy) is 1. The lowest BCUT2D eigenvalue weighted by atomic mass is 9.88. The number of halogens is 3. The Morgan fingerprint density at radius 3 is 2.56 bits per heavy atom. The number of anilines is 1. The minimum Gasteiger partial charge on any atom is -0.481 e. The van der Waals surface area contributed by atoms with Crippen molar-refractivity contribution in [3.63, 3.8) is 0 Å². The summed E-state index contributed by atoms with van der Waals surface area (Å²) in [5, 5.41) is 7.70. The zero-order valence-corrected chi connectivity index (χ0v) is 24.0. The summed E-state index contributed by atoms with van der Waals surface area (Å²) in [5.74, 6) is 0.430. The molecular formula is C29H25Br2FN4O3. The second kappa shape index (κ2) is 12.2. The van der Waals surface area contributed by atoms with Gasteiger partial charge in [-0.2, -0.15) is 9.78 Å². The van der Waals surface area contributed by atoms with Gasteiger partial charge in [-0.05, 0) is 92.7 Å². The minimum atomic E-state index is -0.441. The highest BCUT2D eigenvalue weighted by molar-refractivity contribution is 9.11. The van der Waals surface area contributed by atoms with Crippen LogP contribution in [0.15, 0.2) is 79.5 Å². The van der Waals surface area contributed by atoms with Gasteiger partial charge in [-0.1, -0.05) is 37.5 Å². The molecular weight excluding hydrogens is 631 g/mol. The van der Waals surface area contributed by atoms with Crippen LogP contribution in [-0.4, -0.2) is 28.4 Å². The van der Waals surface area contributed by atoms with Crippen molar-refractivity contribution in [2.24, 2.45) is 5.10 Å². The normalized spacial score (nSPS) is 14.1. The molecule has 7 nitrogen and oxygen atoms in total. The third-order valence-corrected chi connectivity index (χ3v) is 7.73. The van der Waals surface area contributed by atoms with Crippen molar-refractivity contribution in [1.29, 1.82) is 0 Å². The van der Waals surface area contributed by atoms with Gasteiger partial charge >= 0.3 is 0 Å². The Morgan fingerprint density at radius 1 is 1.08 bits per heavy atom. The van der Waals surface area contributed by atoms with Gasteiger partial charge in [0.15, 0.2) is 6.61 Å². The van der Waals surface area contributed by atoms with Gasteiger partial charge in [0.2, 0.25) is 0 Å². The smallest absolute Gasteiger partial charge is 0.282 e. The van der Waals surface area contributed by atoms with Crippen LogP contribution >= 0.6 is 31.9 Å². The van der Waals surface area contributed by atoms with Crippen LogP contribution in [0.1, 0.15) is 49.4 Å². The van der Waals surface area contributed by atoms with E-state index in [0.29, 0.717) is 42.7 Å². The molecule has 1 aromatic heterocycles. The molecule has 4 aromatic rings. The van der Waals surface area contributed by atoms with E-state index in [9.17, 15) is 14.0 Å². The summed E-state index contributed by atoms with van der Waals surface area (Å²) in [6.45, 7) is -0.274. The third-order valence-electron chi connectivity index (χ3n) is 6.55. The van der Waals surface area contributed by atoms with Crippen LogP contribution in [0.4, 0.5) is 10.1 Å². The Hall–Kier alpha value is -3.37. The first-order chi connectivity index (χ1) is 18.9. The first-order valence-electron chi connectivity index (χ1n) is 12.6. The summed E-state index contributed by atoms with van der Waals surface area (Å²) in [6.07, 6.45) is 6.99. The first-order valence-corrected chi connectivity index (χ1v) is 14.2. The van der Waals surface area contributed by atoms with Crippen LogP contribution in [0.25, 0.3) is 10.9 Å². The summed E-state index contributed by atoms with van der Waals surface area (Å²) in [5.41, 5.74) is 1.54. The molecule has 1 heterocycles. The van der Waals surface area contributed by atoms with Crippen LogP contribution in [0.5, 0.6) is 5.75 Å². The SMILES string of the molecule is O=C(COc1c(Br)cc(C=Nn2c(C3CCCCC3)nc3ccccc3c2=O)cc1Br)Nc1cccc(F)c1. The van der Waals surface area contributed by atoms with Crippen LogP contribution in [0.3, 0.4) is 0 Å². The number of carbonyl (C=O) groups is 1. The van der Waals surface area contributed by atoms with Gasteiger partial charge in [0, 0.05) is 11.6 Å². The number of carbonyl (C=O) groups excluding carboxylic acids is 1. The van der Waals surface area contributed by atoms with Crippen molar-refractivity contribution < 1.29 is 13.9 Å². The van der Waals surface area contributed by atoms with E-state index in [1.807, 2.05) is 18.2 Å². The number of hydrogen-bond acceptors (Lipinski definition) is 5. The van der Waals surface area contributed by atoms with E-state index in [4.69, 9.17) is 9.72 Å². The Balaban J connectivity index is 1.37. The molecule has 1 aliphatic rings. The van der Waals surface area contributed by atoms with Crippen molar-refractivity contribution >= 4 is 60.6 Å². The van der Waals surface area contributed by atoms with E-state index in [-0.39, 0.29) is 18.1 Å². The lowest BCUT2D eigenvalue weighted by molar-refractivity contribution is -0.118. The largest absolute Gasteiger partial charge is 0.481 e. The summed E-state index contributed by atoms with van der Waals surface area (Å²) in [6, 6.07) is 16.6. The number of rotatable bonds is 7. The molecule has 0 aliphatic heterocycles. The van der Waals surface area contributed by atoms with Crippen molar-refractivity contribution in [3.8, 4) is 5.75 Å². The van der Waals surface area contributed by atoms with Crippen LogP contribution < -0.4 is 15.6 Å². The molecule has 1 saturated carbocycles. The zero-order valence-electron chi connectivity index (χ0n) is 20.9. The average Bonchev–Trinajstić information content (AvgIpc) is 2.92.